The van der Waals surface area contributed by atoms with Gasteiger partial charge in [0.2, 0.25) is 10.0 Å². The summed E-state index contributed by atoms with van der Waals surface area (Å²) >= 11 is 0. The first kappa shape index (κ1) is 20.1. The molecule has 1 saturated heterocycles. The molecule has 144 valence electrons. The SMILES string of the molecule is C[C@H](OC(=O)c1cc(S(=O)(=O)N(C)C)ccc1N1CCOCC1)C(N)=O. The smallest absolute Gasteiger partial charge is 0.341 e. The third kappa shape index (κ3) is 4.32. The molecule has 1 atom stereocenters. The van der Waals surface area contributed by atoms with Crippen LogP contribution in [0.3, 0.4) is 0 Å². The molecule has 26 heavy (non-hydrogen) atoms. The second kappa shape index (κ2) is 8.02. The van der Waals surface area contributed by atoms with Crippen molar-refractivity contribution in [3.05, 3.63) is 23.8 Å². The molecule has 1 aromatic rings. The van der Waals surface area contributed by atoms with E-state index in [0.717, 1.165) is 4.31 Å². The van der Waals surface area contributed by atoms with Gasteiger partial charge < -0.3 is 20.1 Å². The Kier molecular flexibility index (Phi) is 6.21. The van der Waals surface area contributed by atoms with Crippen LogP contribution in [0.1, 0.15) is 17.3 Å². The molecule has 1 aromatic carbocycles. The molecule has 0 aromatic heterocycles. The summed E-state index contributed by atoms with van der Waals surface area (Å²) in [6.45, 7) is 3.43. The van der Waals surface area contributed by atoms with Gasteiger partial charge in [-0.2, -0.15) is 0 Å². The zero-order chi connectivity index (χ0) is 19.5. The summed E-state index contributed by atoms with van der Waals surface area (Å²) in [5.41, 5.74) is 5.72. The van der Waals surface area contributed by atoms with Crippen LogP contribution in [-0.2, 0) is 24.3 Å². The molecular formula is C16H23N3O6S. The molecule has 1 aliphatic heterocycles. The second-order valence-corrected chi connectivity index (χ2v) is 8.17. The number of nitrogens with two attached hydrogens (primary N) is 1. The van der Waals surface area contributed by atoms with Crippen LogP contribution in [0, 0.1) is 0 Å². The number of rotatable bonds is 6. The Labute approximate surface area is 152 Å². The van der Waals surface area contributed by atoms with Crippen LogP contribution >= 0.6 is 0 Å². The Morgan fingerprint density at radius 2 is 1.88 bits per heavy atom. The van der Waals surface area contributed by atoms with E-state index in [1.54, 1.807) is 6.07 Å². The number of amides is 1. The molecule has 10 heteroatoms. The van der Waals surface area contributed by atoms with Gasteiger partial charge in [0.05, 0.1) is 29.4 Å². The summed E-state index contributed by atoms with van der Waals surface area (Å²) in [7, 11) is -0.932. The lowest BCUT2D eigenvalue weighted by Gasteiger charge is -2.30. The highest BCUT2D eigenvalue weighted by atomic mass is 32.2. The van der Waals surface area contributed by atoms with Gasteiger partial charge in [-0.15, -0.1) is 0 Å². The number of ether oxygens (including phenoxy) is 2. The van der Waals surface area contributed by atoms with Gasteiger partial charge in [-0.3, -0.25) is 4.79 Å². The van der Waals surface area contributed by atoms with E-state index >= 15 is 0 Å². The van der Waals surface area contributed by atoms with Crippen molar-refractivity contribution in [1.29, 1.82) is 0 Å². The molecule has 9 nitrogen and oxygen atoms in total. The highest BCUT2D eigenvalue weighted by Crippen LogP contribution is 2.27. The molecule has 1 fully saturated rings. The summed E-state index contributed by atoms with van der Waals surface area (Å²) in [6, 6.07) is 4.26. The number of hydrogen-bond donors (Lipinski definition) is 1. The molecule has 0 radical (unpaired) electrons. The van der Waals surface area contributed by atoms with Gasteiger partial charge in [-0.05, 0) is 25.1 Å². The van der Waals surface area contributed by atoms with Crippen molar-refractivity contribution in [3.8, 4) is 0 Å². The van der Waals surface area contributed by atoms with E-state index in [4.69, 9.17) is 15.2 Å². The lowest BCUT2D eigenvalue weighted by Crippen LogP contribution is -2.38. The molecule has 0 bridgehead atoms. The maximum Gasteiger partial charge on any atom is 0.341 e. The molecular weight excluding hydrogens is 362 g/mol. The average molecular weight is 385 g/mol. The number of anilines is 1. The number of morpholine rings is 1. The number of primary amides is 1. The largest absolute Gasteiger partial charge is 0.449 e. The molecule has 0 spiro atoms. The van der Waals surface area contributed by atoms with E-state index in [0.29, 0.717) is 32.0 Å². The fraction of sp³-hybridized carbons (Fsp3) is 0.500. The Hall–Kier alpha value is -2.17. The Morgan fingerprint density at radius 3 is 2.42 bits per heavy atom. The fourth-order valence-corrected chi connectivity index (χ4v) is 3.34. The number of hydrogen-bond acceptors (Lipinski definition) is 7. The minimum absolute atomic E-state index is 0.0433. The van der Waals surface area contributed by atoms with Crippen LogP contribution in [0.2, 0.25) is 0 Å². The molecule has 1 amide bonds. The summed E-state index contributed by atoms with van der Waals surface area (Å²) in [6.07, 6.45) is -1.13. The summed E-state index contributed by atoms with van der Waals surface area (Å²) in [4.78, 5) is 25.6. The van der Waals surface area contributed by atoms with Gasteiger partial charge in [-0.1, -0.05) is 0 Å². The van der Waals surface area contributed by atoms with Crippen molar-refractivity contribution in [2.24, 2.45) is 5.73 Å². The summed E-state index contributed by atoms with van der Waals surface area (Å²) in [5, 5.41) is 0. The van der Waals surface area contributed by atoms with Crippen LogP contribution in [0.5, 0.6) is 0 Å². The molecule has 2 N–H and O–H groups in total. The maximum atomic E-state index is 12.6. The first-order chi connectivity index (χ1) is 12.1. The average Bonchev–Trinajstić information content (AvgIpc) is 2.61. The van der Waals surface area contributed by atoms with Crippen molar-refractivity contribution in [3.63, 3.8) is 0 Å². The van der Waals surface area contributed by atoms with Crippen LogP contribution in [0.4, 0.5) is 5.69 Å². The minimum atomic E-state index is -3.73. The van der Waals surface area contributed by atoms with E-state index in [1.165, 1.54) is 33.2 Å². The van der Waals surface area contributed by atoms with Crippen LogP contribution in [-0.4, -0.2) is 71.1 Å². The van der Waals surface area contributed by atoms with Crippen molar-refractivity contribution >= 4 is 27.6 Å². The molecule has 0 aliphatic carbocycles. The molecule has 0 saturated carbocycles. The zero-order valence-corrected chi connectivity index (χ0v) is 15.8. The van der Waals surface area contributed by atoms with E-state index in [2.05, 4.69) is 0 Å². The Morgan fingerprint density at radius 1 is 1.27 bits per heavy atom. The number of nitrogens with zero attached hydrogens (tertiary/aromatic N) is 2. The monoisotopic (exact) mass is 385 g/mol. The predicted molar refractivity (Wildman–Crippen MR) is 94.4 cm³/mol. The Bertz CT molecular complexity index is 787. The minimum Gasteiger partial charge on any atom is -0.449 e. The van der Waals surface area contributed by atoms with Gasteiger partial charge in [0, 0.05) is 27.2 Å². The van der Waals surface area contributed by atoms with Crippen molar-refractivity contribution in [2.75, 3.05) is 45.3 Å². The standard InChI is InChI=1S/C16H23N3O6S/c1-11(15(17)20)25-16(21)13-10-12(26(22,23)18(2)3)4-5-14(13)19-6-8-24-9-7-19/h4-5,10-11H,6-9H2,1-3H3,(H2,17,20)/t11-/m0/s1. The third-order valence-corrected chi connectivity index (χ3v) is 5.81. The number of sulfonamides is 1. The lowest BCUT2D eigenvalue weighted by molar-refractivity contribution is -0.125. The number of carbonyl (C=O) groups excluding carboxylic acids is 2. The summed E-state index contributed by atoms with van der Waals surface area (Å²) < 4.78 is 36.2. The van der Waals surface area contributed by atoms with E-state index in [-0.39, 0.29) is 10.5 Å². The quantitative estimate of drug-likeness (QED) is 0.674. The number of benzene rings is 1. The van der Waals surface area contributed by atoms with Gasteiger partial charge in [0.25, 0.3) is 5.91 Å². The van der Waals surface area contributed by atoms with Gasteiger partial charge in [-0.25, -0.2) is 17.5 Å². The Balaban J connectivity index is 2.48. The lowest BCUT2D eigenvalue weighted by atomic mass is 10.1. The predicted octanol–water partition coefficient (Wildman–Crippen LogP) is -0.196. The highest BCUT2D eigenvalue weighted by Gasteiger charge is 2.26. The normalized spacial score (nSPS) is 16.4. The molecule has 2 rings (SSSR count). The molecule has 0 unspecified atom stereocenters. The fourth-order valence-electron chi connectivity index (χ4n) is 2.41. The van der Waals surface area contributed by atoms with Crippen LogP contribution in [0.25, 0.3) is 0 Å². The third-order valence-electron chi connectivity index (χ3n) is 4.00. The van der Waals surface area contributed by atoms with Crippen LogP contribution < -0.4 is 10.6 Å². The first-order valence-corrected chi connectivity index (χ1v) is 9.48. The molecule has 1 aliphatic rings. The van der Waals surface area contributed by atoms with Crippen molar-refractivity contribution in [2.45, 2.75) is 17.9 Å². The van der Waals surface area contributed by atoms with Gasteiger partial charge >= 0.3 is 5.97 Å². The topological polar surface area (TPSA) is 119 Å². The number of esters is 1. The van der Waals surface area contributed by atoms with E-state index < -0.39 is 28.0 Å². The summed E-state index contributed by atoms with van der Waals surface area (Å²) in [5.74, 6) is -1.60. The van der Waals surface area contributed by atoms with Crippen LogP contribution in [0.15, 0.2) is 23.1 Å². The zero-order valence-electron chi connectivity index (χ0n) is 15.0. The highest BCUT2D eigenvalue weighted by molar-refractivity contribution is 7.89. The van der Waals surface area contributed by atoms with Crippen molar-refractivity contribution < 1.29 is 27.5 Å². The maximum absolute atomic E-state index is 12.6. The molecule has 1 heterocycles. The van der Waals surface area contributed by atoms with E-state index in [1.807, 2.05) is 4.90 Å². The second-order valence-electron chi connectivity index (χ2n) is 6.02. The van der Waals surface area contributed by atoms with E-state index in [9.17, 15) is 18.0 Å². The van der Waals surface area contributed by atoms with Gasteiger partial charge in [0.1, 0.15) is 0 Å². The van der Waals surface area contributed by atoms with Crippen molar-refractivity contribution in [1.82, 2.24) is 4.31 Å². The van der Waals surface area contributed by atoms with Gasteiger partial charge in [0.15, 0.2) is 6.10 Å². The first-order valence-electron chi connectivity index (χ1n) is 8.04. The number of carbonyl (C=O) groups is 2.